The van der Waals surface area contributed by atoms with Gasteiger partial charge in [-0.1, -0.05) is 13.3 Å². The third-order valence-corrected chi connectivity index (χ3v) is 0.512. The van der Waals surface area contributed by atoms with E-state index in [9.17, 15) is 0 Å². The van der Waals surface area contributed by atoms with Crippen LogP contribution in [0.4, 0.5) is 0 Å². The Bertz CT molecular complexity index is 15.0. The standard InChI is InChI=1S/C4H10O.Ge/c1-2-3-4-5;/h5H,2-4H2,1H3;. The normalized spacial score (nSPS) is 7.00. The van der Waals surface area contributed by atoms with Gasteiger partial charge < -0.3 is 5.11 Å². The molecule has 4 radical (unpaired) electrons. The number of aliphatic hydroxyl groups is 1. The molecule has 0 unspecified atom stereocenters. The van der Waals surface area contributed by atoms with Crippen molar-refractivity contribution in [3.8, 4) is 0 Å². The minimum absolute atomic E-state index is 0. The zero-order chi connectivity index (χ0) is 4.12. The van der Waals surface area contributed by atoms with Crippen LogP contribution in [0.3, 0.4) is 0 Å². The first-order valence-corrected chi connectivity index (χ1v) is 2.02. The fourth-order valence-electron chi connectivity index (χ4n) is 0.158. The zero-order valence-corrected chi connectivity index (χ0v) is 6.17. The number of rotatable bonds is 2. The maximum Gasteiger partial charge on any atom is 0.0430 e. The van der Waals surface area contributed by atoms with Gasteiger partial charge in [0.15, 0.2) is 0 Å². The van der Waals surface area contributed by atoms with Crippen molar-refractivity contribution in [1.82, 2.24) is 0 Å². The molecule has 0 aliphatic rings. The molecular weight excluding hydrogens is 137 g/mol. The van der Waals surface area contributed by atoms with Crippen LogP contribution in [-0.2, 0) is 0 Å². The second-order valence-corrected chi connectivity index (χ2v) is 1.08. The largest absolute Gasteiger partial charge is 0.396 e. The smallest absolute Gasteiger partial charge is 0.0430 e. The van der Waals surface area contributed by atoms with Crippen LogP contribution in [0.25, 0.3) is 0 Å². The van der Waals surface area contributed by atoms with E-state index in [4.69, 9.17) is 5.11 Å². The van der Waals surface area contributed by atoms with Gasteiger partial charge in [-0.25, -0.2) is 0 Å². The van der Waals surface area contributed by atoms with Gasteiger partial charge >= 0.3 is 0 Å². The van der Waals surface area contributed by atoms with E-state index in [2.05, 4.69) is 6.92 Å². The average molecular weight is 147 g/mol. The van der Waals surface area contributed by atoms with Crippen molar-refractivity contribution in [3.63, 3.8) is 0 Å². The summed E-state index contributed by atoms with van der Waals surface area (Å²) in [6.45, 7) is 2.40. The molecule has 0 atom stereocenters. The van der Waals surface area contributed by atoms with Crippen molar-refractivity contribution in [1.29, 1.82) is 0 Å². The third kappa shape index (κ3) is 8.82. The average Bonchev–Trinajstić information content (AvgIpc) is 1.41. The Balaban J connectivity index is 0. The van der Waals surface area contributed by atoms with Gasteiger partial charge in [0.1, 0.15) is 0 Å². The summed E-state index contributed by atoms with van der Waals surface area (Å²) in [5, 5.41) is 8.07. The molecule has 36 valence electrons. The quantitative estimate of drug-likeness (QED) is 0.560. The number of hydrogen-bond donors (Lipinski definition) is 1. The first kappa shape index (κ1) is 9.71. The van der Waals surface area contributed by atoms with Crippen molar-refractivity contribution in [2.45, 2.75) is 19.8 Å². The van der Waals surface area contributed by atoms with Crippen LogP contribution in [0.5, 0.6) is 0 Å². The maximum atomic E-state index is 8.07. The summed E-state index contributed by atoms with van der Waals surface area (Å²) in [5.41, 5.74) is 0. The molecule has 1 nitrogen and oxygen atoms in total. The summed E-state index contributed by atoms with van der Waals surface area (Å²) >= 11 is 0. The summed E-state index contributed by atoms with van der Waals surface area (Å²) in [6.07, 6.45) is 2.04. The topological polar surface area (TPSA) is 20.2 Å². The Hall–Kier alpha value is 0.503. The van der Waals surface area contributed by atoms with E-state index in [1.54, 1.807) is 0 Å². The summed E-state index contributed by atoms with van der Waals surface area (Å²) in [6, 6.07) is 0. The Morgan fingerprint density at radius 1 is 1.50 bits per heavy atom. The fourth-order valence-corrected chi connectivity index (χ4v) is 0.158. The van der Waals surface area contributed by atoms with Crippen molar-refractivity contribution in [2.24, 2.45) is 0 Å². The van der Waals surface area contributed by atoms with Crippen molar-refractivity contribution in [2.75, 3.05) is 6.61 Å². The van der Waals surface area contributed by atoms with Gasteiger partial charge in [-0.2, -0.15) is 0 Å². The molecule has 0 aliphatic heterocycles. The molecule has 0 amide bonds. The van der Waals surface area contributed by atoms with E-state index in [-0.39, 0.29) is 17.6 Å². The molecule has 0 saturated heterocycles. The molecule has 0 saturated carbocycles. The first-order valence-electron chi connectivity index (χ1n) is 2.02. The molecule has 0 spiro atoms. The van der Waals surface area contributed by atoms with Crippen molar-refractivity contribution < 1.29 is 5.11 Å². The molecule has 0 bridgehead atoms. The molecule has 0 aromatic heterocycles. The van der Waals surface area contributed by atoms with Gasteiger partial charge in [-0.15, -0.1) is 0 Å². The molecular formula is C4H10GeO. The molecule has 0 aromatic carbocycles. The van der Waals surface area contributed by atoms with E-state index in [0.717, 1.165) is 12.8 Å². The summed E-state index contributed by atoms with van der Waals surface area (Å²) < 4.78 is 0. The molecule has 0 fully saturated rings. The number of unbranched alkanes of at least 4 members (excludes halogenated alkanes) is 1. The Labute approximate surface area is 49.7 Å². The van der Waals surface area contributed by atoms with Crippen molar-refractivity contribution >= 4 is 17.6 Å². The Morgan fingerprint density at radius 3 is 2.00 bits per heavy atom. The molecule has 0 heterocycles. The molecule has 6 heavy (non-hydrogen) atoms. The minimum atomic E-state index is 0. The molecule has 0 aliphatic carbocycles. The van der Waals surface area contributed by atoms with Crippen molar-refractivity contribution in [3.05, 3.63) is 0 Å². The van der Waals surface area contributed by atoms with Gasteiger partial charge in [-0.3, -0.25) is 0 Å². The molecule has 0 rings (SSSR count). The SMILES string of the molecule is CCCCO.[Ge]. The van der Waals surface area contributed by atoms with Crippen LogP contribution in [0.1, 0.15) is 19.8 Å². The van der Waals surface area contributed by atoms with E-state index < -0.39 is 0 Å². The summed E-state index contributed by atoms with van der Waals surface area (Å²) in [7, 11) is 0. The predicted molar refractivity (Wildman–Crippen MR) is 27.7 cm³/mol. The Kier molecular flexibility index (Phi) is 14.7. The summed E-state index contributed by atoms with van der Waals surface area (Å²) in [5.74, 6) is 0. The van der Waals surface area contributed by atoms with Gasteiger partial charge in [-0.05, 0) is 6.42 Å². The van der Waals surface area contributed by atoms with Crippen LogP contribution < -0.4 is 0 Å². The second-order valence-electron chi connectivity index (χ2n) is 1.08. The van der Waals surface area contributed by atoms with E-state index in [0.29, 0.717) is 6.61 Å². The third-order valence-electron chi connectivity index (χ3n) is 0.512. The van der Waals surface area contributed by atoms with Crippen LogP contribution >= 0.6 is 0 Å². The van der Waals surface area contributed by atoms with Crippen LogP contribution in [0.2, 0.25) is 0 Å². The second kappa shape index (κ2) is 9.09. The minimum Gasteiger partial charge on any atom is -0.396 e. The molecule has 0 aromatic rings. The van der Waals surface area contributed by atoms with Gasteiger partial charge in [0.05, 0.1) is 0 Å². The first-order chi connectivity index (χ1) is 2.41. The van der Waals surface area contributed by atoms with Gasteiger partial charge in [0.2, 0.25) is 0 Å². The summed E-state index contributed by atoms with van der Waals surface area (Å²) in [4.78, 5) is 0. The van der Waals surface area contributed by atoms with Crippen LogP contribution in [0.15, 0.2) is 0 Å². The van der Waals surface area contributed by atoms with Crippen LogP contribution in [-0.4, -0.2) is 29.3 Å². The number of hydrogen-bond acceptors (Lipinski definition) is 1. The van der Waals surface area contributed by atoms with Gasteiger partial charge in [0.25, 0.3) is 0 Å². The Morgan fingerprint density at radius 2 is 2.00 bits per heavy atom. The van der Waals surface area contributed by atoms with Gasteiger partial charge in [0, 0.05) is 24.2 Å². The van der Waals surface area contributed by atoms with E-state index in [1.807, 2.05) is 0 Å². The molecule has 2 heteroatoms. The van der Waals surface area contributed by atoms with E-state index >= 15 is 0 Å². The predicted octanol–water partition coefficient (Wildman–Crippen LogP) is 0.398. The van der Waals surface area contributed by atoms with E-state index in [1.165, 1.54) is 0 Å². The zero-order valence-electron chi connectivity index (χ0n) is 4.07. The molecule has 1 N–H and O–H groups in total. The fraction of sp³-hybridized carbons (Fsp3) is 1.00. The maximum absolute atomic E-state index is 8.07. The monoisotopic (exact) mass is 148 g/mol. The van der Waals surface area contributed by atoms with Crippen LogP contribution in [0, 0.1) is 0 Å². The number of aliphatic hydroxyl groups excluding tert-OH is 1.